The van der Waals surface area contributed by atoms with E-state index >= 15 is 0 Å². The van der Waals surface area contributed by atoms with Crippen molar-refractivity contribution in [2.45, 2.75) is 77.2 Å². The van der Waals surface area contributed by atoms with Gasteiger partial charge in [-0.25, -0.2) is 4.57 Å². The molecular weight excluding hydrogens is 307 g/mol. The number of phosphoric acid groups is 1. The number of aliphatic hydroxyl groups excluding tert-OH is 1. The van der Waals surface area contributed by atoms with Crippen LogP contribution in [0.2, 0.25) is 0 Å². The number of ether oxygens (including phenoxy) is 1. The van der Waals surface area contributed by atoms with Crippen LogP contribution in [0.1, 0.15) is 71.1 Å². The van der Waals surface area contributed by atoms with E-state index in [2.05, 4.69) is 11.4 Å². The maximum absolute atomic E-state index is 10.4. The van der Waals surface area contributed by atoms with Crippen molar-refractivity contribution in [1.82, 2.24) is 0 Å². The SMILES string of the molecule is CCCCCCCCCCCCOCC(O)COP(=O)(O)O. The summed E-state index contributed by atoms with van der Waals surface area (Å²) >= 11 is 0. The van der Waals surface area contributed by atoms with Crippen molar-refractivity contribution >= 4 is 7.82 Å². The normalized spacial score (nSPS) is 13.5. The molecule has 1 atom stereocenters. The molecule has 6 nitrogen and oxygen atoms in total. The summed E-state index contributed by atoms with van der Waals surface area (Å²) in [5.41, 5.74) is 0. The van der Waals surface area contributed by atoms with Crippen molar-refractivity contribution in [2.75, 3.05) is 19.8 Å². The standard InChI is InChI=1S/C15H33O6P/c1-2-3-4-5-6-7-8-9-10-11-12-20-13-15(16)14-21-22(17,18)19/h15-16H,2-14H2,1H3,(H2,17,18,19). The molecule has 1 unspecified atom stereocenters. The van der Waals surface area contributed by atoms with Crippen LogP contribution in [0.3, 0.4) is 0 Å². The molecule has 0 saturated heterocycles. The Hall–Kier alpha value is 0.0300. The smallest absolute Gasteiger partial charge is 0.388 e. The fourth-order valence-corrected chi connectivity index (χ4v) is 2.51. The van der Waals surface area contributed by atoms with Gasteiger partial charge in [-0.1, -0.05) is 64.7 Å². The highest BCUT2D eigenvalue weighted by atomic mass is 31.2. The molecule has 0 aromatic carbocycles. The summed E-state index contributed by atoms with van der Waals surface area (Å²) in [7, 11) is -4.51. The molecule has 22 heavy (non-hydrogen) atoms. The number of phosphoric ester groups is 1. The molecule has 0 fully saturated rings. The minimum absolute atomic E-state index is 0.0391. The third kappa shape index (κ3) is 18.1. The molecule has 0 rings (SSSR count). The molecule has 134 valence electrons. The van der Waals surface area contributed by atoms with Gasteiger partial charge in [-0.2, -0.15) is 0 Å². The van der Waals surface area contributed by atoms with Crippen molar-refractivity contribution in [3.05, 3.63) is 0 Å². The lowest BCUT2D eigenvalue weighted by Crippen LogP contribution is -2.21. The number of rotatable bonds is 16. The summed E-state index contributed by atoms with van der Waals surface area (Å²) in [5.74, 6) is 0. The van der Waals surface area contributed by atoms with Crippen LogP contribution in [0.25, 0.3) is 0 Å². The molecule has 0 saturated carbocycles. The Morgan fingerprint density at radius 2 is 1.36 bits per heavy atom. The number of hydrogen-bond donors (Lipinski definition) is 3. The summed E-state index contributed by atoms with van der Waals surface area (Å²) in [6, 6.07) is 0. The fraction of sp³-hybridized carbons (Fsp3) is 1.00. The molecule has 0 radical (unpaired) electrons. The summed E-state index contributed by atoms with van der Waals surface area (Å²) in [4.78, 5) is 17.0. The van der Waals surface area contributed by atoms with E-state index in [-0.39, 0.29) is 6.61 Å². The molecule has 0 aliphatic heterocycles. The second-order valence-electron chi connectivity index (χ2n) is 5.70. The van der Waals surface area contributed by atoms with Gasteiger partial charge < -0.3 is 19.6 Å². The van der Waals surface area contributed by atoms with E-state index < -0.39 is 20.5 Å². The Labute approximate surface area is 134 Å². The minimum Gasteiger partial charge on any atom is -0.388 e. The predicted molar refractivity (Wildman–Crippen MR) is 86.7 cm³/mol. The van der Waals surface area contributed by atoms with Crippen LogP contribution in [0.5, 0.6) is 0 Å². The molecular formula is C15H33O6P. The van der Waals surface area contributed by atoms with Crippen LogP contribution >= 0.6 is 7.82 Å². The first-order chi connectivity index (χ1) is 10.5. The van der Waals surface area contributed by atoms with Crippen molar-refractivity contribution < 1.29 is 28.7 Å². The summed E-state index contributed by atoms with van der Waals surface area (Å²) < 4.78 is 19.9. The highest BCUT2D eigenvalue weighted by molar-refractivity contribution is 7.46. The molecule has 0 spiro atoms. The third-order valence-electron chi connectivity index (χ3n) is 3.39. The monoisotopic (exact) mass is 340 g/mol. The summed E-state index contributed by atoms with van der Waals surface area (Å²) in [5, 5.41) is 9.38. The molecule has 3 N–H and O–H groups in total. The van der Waals surface area contributed by atoms with Crippen molar-refractivity contribution in [3.8, 4) is 0 Å². The number of unbranched alkanes of at least 4 members (excludes halogenated alkanes) is 9. The van der Waals surface area contributed by atoms with Gasteiger partial charge in [-0.3, -0.25) is 4.52 Å². The Bertz CT molecular complexity index is 281. The first-order valence-corrected chi connectivity index (χ1v) is 9.94. The van der Waals surface area contributed by atoms with Gasteiger partial charge in [0.15, 0.2) is 0 Å². The maximum atomic E-state index is 10.4. The zero-order valence-corrected chi connectivity index (χ0v) is 14.7. The predicted octanol–water partition coefficient (Wildman–Crippen LogP) is 3.39. The summed E-state index contributed by atoms with van der Waals surface area (Å²) in [6.45, 7) is 2.41. The van der Waals surface area contributed by atoms with E-state index in [1.165, 1.54) is 51.4 Å². The highest BCUT2D eigenvalue weighted by Crippen LogP contribution is 2.35. The quantitative estimate of drug-likeness (QED) is 0.294. The van der Waals surface area contributed by atoms with E-state index in [1.807, 2.05) is 0 Å². The molecule has 0 heterocycles. The van der Waals surface area contributed by atoms with Crippen LogP contribution in [-0.2, 0) is 13.8 Å². The van der Waals surface area contributed by atoms with Crippen molar-refractivity contribution in [1.29, 1.82) is 0 Å². The maximum Gasteiger partial charge on any atom is 0.469 e. The third-order valence-corrected chi connectivity index (χ3v) is 3.87. The lowest BCUT2D eigenvalue weighted by atomic mass is 10.1. The van der Waals surface area contributed by atoms with Gasteiger partial charge in [0.25, 0.3) is 0 Å². The van der Waals surface area contributed by atoms with Gasteiger partial charge >= 0.3 is 7.82 Å². The highest BCUT2D eigenvalue weighted by Gasteiger charge is 2.16. The number of aliphatic hydroxyl groups is 1. The molecule has 7 heteroatoms. The molecule has 0 aromatic heterocycles. The van der Waals surface area contributed by atoms with Crippen molar-refractivity contribution in [2.24, 2.45) is 0 Å². The topological polar surface area (TPSA) is 96.2 Å². The molecule has 0 aliphatic carbocycles. The Balaban J connectivity index is 3.18. The Morgan fingerprint density at radius 3 is 1.86 bits per heavy atom. The Kier molecular flexibility index (Phi) is 14.6. The van der Waals surface area contributed by atoms with E-state index in [0.717, 1.165) is 12.8 Å². The van der Waals surface area contributed by atoms with Crippen LogP contribution < -0.4 is 0 Å². The van der Waals surface area contributed by atoms with Crippen molar-refractivity contribution in [3.63, 3.8) is 0 Å². The zero-order chi connectivity index (χ0) is 16.7. The van der Waals surface area contributed by atoms with Gasteiger partial charge in [-0.15, -0.1) is 0 Å². The van der Waals surface area contributed by atoms with Gasteiger partial charge in [0.05, 0.1) is 13.2 Å². The van der Waals surface area contributed by atoms with Crippen LogP contribution in [0.15, 0.2) is 0 Å². The first kappa shape index (κ1) is 22.0. The molecule has 0 aromatic rings. The largest absolute Gasteiger partial charge is 0.469 e. The average molecular weight is 340 g/mol. The fourth-order valence-electron chi connectivity index (χ4n) is 2.14. The van der Waals surface area contributed by atoms with Gasteiger partial charge in [-0.05, 0) is 6.42 Å². The number of hydrogen-bond acceptors (Lipinski definition) is 4. The first-order valence-electron chi connectivity index (χ1n) is 8.41. The lowest BCUT2D eigenvalue weighted by Gasteiger charge is -2.12. The molecule has 0 bridgehead atoms. The van der Waals surface area contributed by atoms with Crippen LogP contribution in [-0.4, -0.2) is 40.8 Å². The minimum atomic E-state index is -4.51. The lowest BCUT2D eigenvalue weighted by molar-refractivity contribution is 0.00476. The van der Waals surface area contributed by atoms with Gasteiger partial charge in [0, 0.05) is 6.61 Å². The Morgan fingerprint density at radius 1 is 0.864 bits per heavy atom. The van der Waals surface area contributed by atoms with Gasteiger partial charge in [0.2, 0.25) is 0 Å². The van der Waals surface area contributed by atoms with Crippen LogP contribution in [0, 0.1) is 0 Å². The van der Waals surface area contributed by atoms with E-state index in [0.29, 0.717) is 6.61 Å². The molecule has 0 amide bonds. The van der Waals surface area contributed by atoms with E-state index in [1.54, 1.807) is 0 Å². The van der Waals surface area contributed by atoms with Crippen LogP contribution in [0.4, 0.5) is 0 Å². The van der Waals surface area contributed by atoms with E-state index in [9.17, 15) is 9.67 Å². The molecule has 0 aliphatic rings. The second kappa shape index (κ2) is 14.6. The summed E-state index contributed by atoms with van der Waals surface area (Å²) in [6.07, 6.45) is 11.5. The zero-order valence-electron chi connectivity index (χ0n) is 13.8. The van der Waals surface area contributed by atoms with Gasteiger partial charge in [0.1, 0.15) is 6.10 Å². The second-order valence-corrected chi connectivity index (χ2v) is 6.94. The van der Waals surface area contributed by atoms with E-state index in [4.69, 9.17) is 14.5 Å². The average Bonchev–Trinajstić information content (AvgIpc) is 2.45.